The summed E-state index contributed by atoms with van der Waals surface area (Å²) in [4.78, 5) is 41.7. The fourth-order valence-electron chi connectivity index (χ4n) is 4.37. The Morgan fingerprint density at radius 2 is 1.93 bits per heavy atom. The smallest absolute Gasteiger partial charge is 0.295 e. The molecule has 14 nitrogen and oxygen atoms in total. The van der Waals surface area contributed by atoms with E-state index in [-0.39, 0.29) is 30.2 Å². The Morgan fingerprint density at radius 3 is 2.48 bits per heavy atom. The van der Waals surface area contributed by atoms with E-state index in [0.29, 0.717) is 41.1 Å². The van der Waals surface area contributed by atoms with Crippen LogP contribution in [0.5, 0.6) is 0 Å². The molecule has 208 valence electrons. The third-order valence-corrected chi connectivity index (χ3v) is 6.34. The van der Waals surface area contributed by atoms with Crippen LogP contribution >= 0.6 is 0 Å². The number of nitrogens with zero attached hydrogens (tertiary/aromatic N) is 8. The van der Waals surface area contributed by atoms with Crippen LogP contribution in [-0.4, -0.2) is 86.2 Å². The minimum atomic E-state index is -0.720. The molecule has 3 aromatic heterocycles. The first-order chi connectivity index (χ1) is 19.3. The number of ketones is 1. The number of Topliss-reactive ketones (excluding diaryl/α,β-unsaturated/α-hetero) is 1. The Labute approximate surface area is 230 Å². The molecule has 0 aromatic carbocycles. The van der Waals surface area contributed by atoms with Gasteiger partial charge in [-0.05, 0) is 25.1 Å². The Kier molecular flexibility index (Phi) is 8.27. The van der Waals surface area contributed by atoms with Crippen molar-refractivity contribution in [1.29, 1.82) is 0 Å². The number of aromatic amines is 1. The van der Waals surface area contributed by atoms with Crippen molar-refractivity contribution in [3.05, 3.63) is 83.6 Å². The van der Waals surface area contributed by atoms with E-state index in [1.54, 1.807) is 25.3 Å². The maximum atomic E-state index is 13.5. The summed E-state index contributed by atoms with van der Waals surface area (Å²) >= 11 is 0. The highest BCUT2D eigenvalue weighted by Crippen LogP contribution is 2.20. The number of carbonyl (C=O) groups is 2. The van der Waals surface area contributed by atoms with Crippen molar-refractivity contribution in [2.24, 2.45) is 16.6 Å². The third-order valence-electron chi connectivity index (χ3n) is 6.34. The van der Waals surface area contributed by atoms with Crippen LogP contribution in [0, 0.1) is 6.92 Å². The Morgan fingerprint density at radius 1 is 1.20 bits per heavy atom. The van der Waals surface area contributed by atoms with Crippen molar-refractivity contribution in [2.45, 2.75) is 6.92 Å². The van der Waals surface area contributed by atoms with Gasteiger partial charge >= 0.3 is 0 Å². The van der Waals surface area contributed by atoms with Crippen molar-refractivity contribution >= 4 is 35.8 Å². The third kappa shape index (κ3) is 5.27. The van der Waals surface area contributed by atoms with Gasteiger partial charge in [0.15, 0.2) is 11.6 Å². The molecule has 1 aliphatic heterocycles. The summed E-state index contributed by atoms with van der Waals surface area (Å²) in [6.07, 6.45) is 7.36. The largest absolute Gasteiger partial charge is 0.496 e. The lowest BCUT2D eigenvalue weighted by Crippen LogP contribution is -2.52. The van der Waals surface area contributed by atoms with Gasteiger partial charge in [-0.3, -0.25) is 9.59 Å². The molecule has 14 heteroatoms. The second kappa shape index (κ2) is 12.0. The molecule has 5 N–H and O–H groups in total. The van der Waals surface area contributed by atoms with E-state index in [1.807, 2.05) is 11.0 Å². The quantitative estimate of drug-likeness (QED) is 0.131. The van der Waals surface area contributed by atoms with Crippen LogP contribution < -0.4 is 27.0 Å². The van der Waals surface area contributed by atoms with Gasteiger partial charge in [0.1, 0.15) is 23.7 Å². The first kappa shape index (κ1) is 27.6. The lowest BCUT2D eigenvalue weighted by molar-refractivity contribution is -0.127. The lowest BCUT2D eigenvalue weighted by atomic mass is 10.1. The summed E-state index contributed by atoms with van der Waals surface area (Å²) in [6.45, 7) is 10.5. The zero-order valence-electron chi connectivity index (χ0n) is 22.3. The number of piperazine rings is 1. The second-order valence-corrected chi connectivity index (χ2v) is 8.62. The molecule has 0 spiro atoms. The number of anilines is 1. The van der Waals surface area contributed by atoms with Crippen molar-refractivity contribution < 1.29 is 14.3 Å². The summed E-state index contributed by atoms with van der Waals surface area (Å²) in [5, 5.41) is 10.4. The minimum absolute atomic E-state index is 0.0960. The zero-order chi connectivity index (χ0) is 28.8. The number of hydrogen-bond donors (Lipinski definition) is 3. The number of hydrazone groups is 1. The van der Waals surface area contributed by atoms with Crippen molar-refractivity contribution in [3.8, 4) is 0 Å². The number of pyridine rings is 1. The Balaban J connectivity index is 1.58. The number of H-pyrrole nitrogens is 1. The van der Waals surface area contributed by atoms with Crippen LogP contribution in [0.4, 0.5) is 5.82 Å². The van der Waals surface area contributed by atoms with Crippen LogP contribution in [0.3, 0.4) is 0 Å². The normalized spacial score (nSPS) is 15.3. The highest BCUT2D eigenvalue weighted by Gasteiger charge is 2.30. The molecule has 1 amide bonds. The molecular formula is C26H31N11O3. The van der Waals surface area contributed by atoms with Crippen LogP contribution in [0.25, 0.3) is 11.6 Å². The van der Waals surface area contributed by atoms with Gasteiger partial charge in [-0.2, -0.15) is 15.2 Å². The van der Waals surface area contributed by atoms with Crippen LogP contribution in [-0.2, 0) is 9.53 Å². The van der Waals surface area contributed by atoms with E-state index < -0.39 is 11.7 Å². The van der Waals surface area contributed by atoms with E-state index in [1.165, 1.54) is 46.5 Å². The topological polar surface area (TPSA) is 177 Å². The summed E-state index contributed by atoms with van der Waals surface area (Å²) < 4.78 is 6.82. The van der Waals surface area contributed by atoms with Gasteiger partial charge in [0.25, 0.3) is 11.7 Å². The van der Waals surface area contributed by atoms with Crippen molar-refractivity contribution in [3.63, 3.8) is 0 Å². The highest BCUT2D eigenvalue weighted by atomic mass is 16.5. The molecular weight excluding hydrogens is 514 g/mol. The van der Waals surface area contributed by atoms with Crippen molar-refractivity contribution in [1.82, 2.24) is 34.5 Å². The molecule has 1 saturated heterocycles. The number of hydrogen-bond acceptors (Lipinski definition) is 11. The van der Waals surface area contributed by atoms with Gasteiger partial charge in [-0.1, -0.05) is 12.6 Å². The maximum absolute atomic E-state index is 13.5. The number of amides is 1. The number of nitrogens with one attached hydrogen (secondary N) is 1. The molecule has 0 aliphatic carbocycles. The van der Waals surface area contributed by atoms with Gasteiger partial charge in [-0.25, -0.2) is 14.6 Å². The van der Waals surface area contributed by atoms with E-state index in [4.69, 9.17) is 16.2 Å². The summed E-state index contributed by atoms with van der Waals surface area (Å²) in [6, 6.07) is 5.40. The van der Waals surface area contributed by atoms with E-state index in [9.17, 15) is 9.59 Å². The van der Waals surface area contributed by atoms with Gasteiger partial charge in [0.05, 0.1) is 23.2 Å². The predicted molar refractivity (Wildman–Crippen MR) is 149 cm³/mol. The van der Waals surface area contributed by atoms with Gasteiger partial charge in [0.2, 0.25) is 0 Å². The number of aryl methyl sites for hydroxylation is 1. The van der Waals surface area contributed by atoms with Gasteiger partial charge < -0.3 is 31.0 Å². The number of aromatic nitrogens is 5. The monoisotopic (exact) mass is 545 g/mol. The van der Waals surface area contributed by atoms with E-state index in [2.05, 4.69) is 38.4 Å². The molecule has 1 fully saturated rings. The number of rotatable bonds is 9. The molecule has 4 rings (SSSR count). The van der Waals surface area contributed by atoms with Gasteiger partial charge in [0, 0.05) is 51.5 Å². The van der Waals surface area contributed by atoms with Crippen molar-refractivity contribution in [2.75, 3.05) is 38.3 Å². The number of carbonyl (C=O) groups excluding carboxylic acids is 2. The molecule has 0 atom stereocenters. The first-order valence-electron chi connectivity index (χ1n) is 12.3. The molecule has 0 bridgehead atoms. The average Bonchev–Trinajstić information content (AvgIpc) is 3.63. The molecule has 1 aliphatic rings. The zero-order valence-corrected chi connectivity index (χ0v) is 22.3. The first-order valence-corrected chi connectivity index (χ1v) is 12.3. The molecule has 4 heterocycles. The van der Waals surface area contributed by atoms with Crippen LogP contribution in [0.1, 0.15) is 16.2 Å². The summed E-state index contributed by atoms with van der Waals surface area (Å²) in [5.74, 6) is 0.668. The number of ether oxygens (including phenoxy) is 1. The molecule has 3 aromatic rings. The number of methoxy groups -OCH3 is 1. The van der Waals surface area contributed by atoms with E-state index in [0.717, 1.165) is 0 Å². The minimum Gasteiger partial charge on any atom is -0.496 e. The molecule has 40 heavy (non-hydrogen) atoms. The average molecular weight is 546 g/mol. The van der Waals surface area contributed by atoms with Gasteiger partial charge in [-0.15, -0.1) is 0 Å². The Bertz CT molecular complexity index is 1560. The van der Waals surface area contributed by atoms with E-state index >= 15 is 0 Å². The molecule has 0 saturated carbocycles. The maximum Gasteiger partial charge on any atom is 0.295 e. The Hall–Kier alpha value is -5.40. The summed E-state index contributed by atoms with van der Waals surface area (Å²) in [5.41, 5.74) is 12.4. The summed E-state index contributed by atoms with van der Waals surface area (Å²) in [7, 11) is 1.44. The number of nitrogens with two attached hydrogens (primary N) is 2. The van der Waals surface area contributed by atoms with Crippen LogP contribution in [0.15, 0.2) is 66.7 Å². The predicted octanol–water partition coefficient (Wildman–Crippen LogP) is -0.970. The fourth-order valence-corrected chi connectivity index (χ4v) is 4.37. The lowest BCUT2D eigenvalue weighted by Gasteiger charge is -2.38. The second-order valence-electron chi connectivity index (χ2n) is 8.62. The molecule has 0 unspecified atom stereocenters. The molecule has 0 radical (unpaired) electrons. The SMILES string of the molecule is C=C/C(OC)=c1/c(C(=O)C(=O)N2CCN(/C(=C/N)N(N=C)c3ccccn3)CC2)c[nH]/c1=C(/N)n1cnc(C)n1. The highest BCUT2D eigenvalue weighted by molar-refractivity contribution is 6.42. The standard InChI is InChI=1S/C26H31N11O3/c1-5-19(40-4)22-18(15-31-23(22)25(28)36-16-32-17(2)33-36)24(38)26(39)35-12-10-34(11-13-35)21(14-27)37(29-3)20-8-6-7-9-30-20/h5-9,14-16,31H,1,3,10-13,27-28H2,2,4H3/b21-14-,22-19+,25-23-. The fraction of sp³-hybridized carbons (Fsp3) is 0.231. The van der Waals surface area contributed by atoms with Crippen LogP contribution in [0.2, 0.25) is 0 Å².